The highest BCUT2D eigenvalue weighted by atomic mass is 16.7. The summed E-state index contributed by atoms with van der Waals surface area (Å²) in [5.74, 6) is 0.0922. The molecule has 0 atom stereocenters. The predicted octanol–water partition coefficient (Wildman–Crippen LogP) is -0.102. The van der Waals surface area contributed by atoms with Gasteiger partial charge in [-0.1, -0.05) is 0 Å². The van der Waals surface area contributed by atoms with Crippen LogP contribution in [0.25, 0.3) is 0 Å². The zero-order valence-electron chi connectivity index (χ0n) is 10.7. The third kappa shape index (κ3) is 2.58. The number of hydrogen-bond donors (Lipinski definition) is 1. The molecule has 0 aromatic carbocycles. The molecule has 2 fully saturated rings. The maximum atomic E-state index is 10.7. The number of oxazole rings is 1. The van der Waals surface area contributed by atoms with Gasteiger partial charge in [-0.3, -0.25) is 10.1 Å². The molecule has 3 heterocycles. The monoisotopic (exact) mass is 282 g/mol. The van der Waals surface area contributed by atoms with E-state index in [1.54, 1.807) is 4.90 Å². The fraction of sp³-hybridized carbons (Fsp3) is 0.545. The Morgan fingerprint density at radius 1 is 1.55 bits per heavy atom. The lowest BCUT2D eigenvalue weighted by molar-refractivity contribution is -0.405. The smallest absolute Gasteiger partial charge is 0.274 e. The van der Waals surface area contributed by atoms with Crippen LogP contribution in [0.3, 0.4) is 0 Å². The van der Waals surface area contributed by atoms with E-state index in [1.165, 1.54) is 12.5 Å². The van der Waals surface area contributed by atoms with Crippen LogP contribution in [-0.2, 0) is 16.0 Å². The van der Waals surface area contributed by atoms with Gasteiger partial charge in [0.15, 0.2) is 5.82 Å². The average Bonchev–Trinajstić information content (AvgIpc) is 3.05. The van der Waals surface area contributed by atoms with E-state index in [-0.39, 0.29) is 0 Å². The Morgan fingerprint density at radius 2 is 2.35 bits per heavy atom. The standard InChI is InChI=1S/C11H14N4O5/c16-15(17)5-9-13-7-11(19-3-4-20-11)8-14(9)6-10-12-1-2-18-10/h1-2,5,13H,3-4,6-8H2/b9-5+. The summed E-state index contributed by atoms with van der Waals surface area (Å²) < 4.78 is 16.4. The van der Waals surface area contributed by atoms with E-state index < -0.39 is 10.7 Å². The Hall–Kier alpha value is -2.13. The summed E-state index contributed by atoms with van der Waals surface area (Å²) in [6.45, 7) is 2.08. The average molecular weight is 282 g/mol. The summed E-state index contributed by atoms with van der Waals surface area (Å²) in [5.41, 5.74) is 0. The summed E-state index contributed by atoms with van der Waals surface area (Å²) in [4.78, 5) is 15.9. The van der Waals surface area contributed by atoms with E-state index in [2.05, 4.69) is 10.3 Å². The molecule has 1 aromatic heterocycles. The zero-order chi connectivity index (χ0) is 14.0. The van der Waals surface area contributed by atoms with Crippen LogP contribution in [0.5, 0.6) is 0 Å². The lowest BCUT2D eigenvalue weighted by Gasteiger charge is -2.40. The van der Waals surface area contributed by atoms with E-state index in [1.807, 2.05) is 0 Å². The first-order chi connectivity index (χ1) is 9.67. The minimum atomic E-state index is -0.763. The van der Waals surface area contributed by atoms with Crippen molar-refractivity contribution in [2.24, 2.45) is 0 Å². The molecule has 9 heteroatoms. The second-order valence-corrected chi connectivity index (χ2v) is 4.54. The first-order valence-corrected chi connectivity index (χ1v) is 6.17. The van der Waals surface area contributed by atoms with Gasteiger partial charge < -0.3 is 24.1 Å². The number of ether oxygens (including phenoxy) is 2. The van der Waals surface area contributed by atoms with Crippen LogP contribution in [0.15, 0.2) is 28.9 Å². The van der Waals surface area contributed by atoms with Crippen molar-refractivity contribution in [3.8, 4) is 0 Å². The van der Waals surface area contributed by atoms with E-state index in [4.69, 9.17) is 13.9 Å². The summed E-state index contributed by atoms with van der Waals surface area (Å²) in [5, 5.41) is 13.7. The molecule has 0 saturated carbocycles. The molecule has 0 amide bonds. The molecule has 3 rings (SSSR count). The van der Waals surface area contributed by atoms with Crippen molar-refractivity contribution in [2.75, 3.05) is 26.3 Å². The molecule has 0 unspecified atom stereocenters. The largest absolute Gasteiger partial charge is 0.447 e. The van der Waals surface area contributed by atoms with Gasteiger partial charge in [0.25, 0.3) is 6.20 Å². The fourth-order valence-electron chi connectivity index (χ4n) is 2.32. The van der Waals surface area contributed by atoms with E-state index in [0.717, 1.165) is 6.20 Å². The summed E-state index contributed by atoms with van der Waals surface area (Å²) in [6.07, 6.45) is 3.91. The Labute approximate surface area is 114 Å². The lowest BCUT2D eigenvalue weighted by atomic mass is 10.2. The number of nitro groups is 1. The van der Waals surface area contributed by atoms with Gasteiger partial charge in [0.2, 0.25) is 11.7 Å². The lowest BCUT2D eigenvalue weighted by Crippen LogP contribution is -2.57. The molecule has 9 nitrogen and oxygen atoms in total. The number of hydrogen-bond acceptors (Lipinski definition) is 8. The van der Waals surface area contributed by atoms with Crippen molar-refractivity contribution in [2.45, 2.75) is 12.3 Å². The first kappa shape index (κ1) is 12.9. The molecule has 0 aliphatic carbocycles. The van der Waals surface area contributed by atoms with Gasteiger partial charge in [0, 0.05) is 0 Å². The van der Waals surface area contributed by atoms with Gasteiger partial charge in [-0.25, -0.2) is 4.98 Å². The number of rotatable bonds is 3. The quantitative estimate of drug-likeness (QED) is 0.605. The maximum absolute atomic E-state index is 10.7. The SMILES string of the molecule is O=[N+]([O-])/C=C1\NCC2(CN1Cc1ncco1)OCCO2. The molecule has 1 spiro atoms. The Kier molecular flexibility index (Phi) is 3.28. The van der Waals surface area contributed by atoms with Gasteiger partial charge in [-0.15, -0.1) is 0 Å². The second-order valence-electron chi connectivity index (χ2n) is 4.54. The molecule has 108 valence electrons. The highest BCUT2D eigenvalue weighted by Crippen LogP contribution is 2.26. The van der Waals surface area contributed by atoms with E-state index >= 15 is 0 Å². The Balaban J connectivity index is 1.80. The highest BCUT2D eigenvalue weighted by molar-refractivity contribution is 5.04. The molecule has 2 aliphatic rings. The minimum Gasteiger partial charge on any atom is -0.447 e. The third-order valence-electron chi connectivity index (χ3n) is 3.16. The van der Waals surface area contributed by atoms with Crippen molar-refractivity contribution in [1.29, 1.82) is 0 Å². The molecule has 0 bridgehead atoms. The van der Waals surface area contributed by atoms with Crippen molar-refractivity contribution < 1.29 is 18.8 Å². The third-order valence-corrected chi connectivity index (χ3v) is 3.16. The van der Waals surface area contributed by atoms with Gasteiger partial charge in [-0.05, 0) is 0 Å². The van der Waals surface area contributed by atoms with Crippen molar-refractivity contribution in [3.05, 3.63) is 40.5 Å². The molecule has 2 aliphatic heterocycles. The van der Waals surface area contributed by atoms with Crippen LogP contribution >= 0.6 is 0 Å². The number of nitrogens with zero attached hydrogens (tertiary/aromatic N) is 3. The predicted molar refractivity (Wildman–Crippen MR) is 64.6 cm³/mol. The Bertz CT molecular complexity index is 509. The molecule has 1 aromatic rings. The van der Waals surface area contributed by atoms with Crippen LogP contribution in [0.1, 0.15) is 5.89 Å². The second kappa shape index (κ2) is 5.10. The molecular formula is C11H14N4O5. The summed E-state index contributed by atoms with van der Waals surface area (Å²) >= 11 is 0. The van der Waals surface area contributed by atoms with Gasteiger partial charge >= 0.3 is 0 Å². The van der Waals surface area contributed by atoms with E-state index in [9.17, 15) is 10.1 Å². The topological polar surface area (TPSA) is 103 Å². The maximum Gasteiger partial charge on any atom is 0.274 e. The zero-order valence-corrected chi connectivity index (χ0v) is 10.7. The minimum absolute atomic E-state index is 0.300. The number of aromatic nitrogens is 1. The van der Waals surface area contributed by atoms with Crippen LogP contribution in [0.4, 0.5) is 0 Å². The normalized spacial score (nSPS) is 23.2. The molecule has 0 radical (unpaired) electrons. The fourth-order valence-corrected chi connectivity index (χ4v) is 2.32. The van der Waals surface area contributed by atoms with Crippen molar-refractivity contribution >= 4 is 0 Å². The van der Waals surface area contributed by atoms with Gasteiger partial charge in [-0.2, -0.15) is 0 Å². The molecule has 1 N–H and O–H groups in total. The van der Waals surface area contributed by atoms with Crippen LogP contribution < -0.4 is 5.32 Å². The summed E-state index contributed by atoms with van der Waals surface area (Å²) in [7, 11) is 0. The van der Waals surface area contributed by atoms with Crippen LogP contribution in [-0.4, -0.2) is 46.9 Å². The van der Waals surface area contributed by atoms with Crippen LogP contribution in [0, 0.1) is 10.1 Å². The van der Waals surface area contributed by atoms with Gasteiger partial charge in [0.05, 0.1) is 44.0 Å². The molecule has 2 saturated heterocycles. The van der Waals surface area contributed by atoms with Gasteiger partial charge in [0.1, 0.15) is 6.26 Å². The first-order valence-electron chi connectivity index (χ1n) is 6.17. The number of nitrogens with one attached hydrogen (secondary N) is 1. The summed E-state index contributed by atoms with van der Waals surface area (Å²) in [6, 6.07) is 0. The Morgan fingerprint density at radius 3 is 3.00 bits per heavy atom. The van der Waals surface area contributed by atoms with Crippen LogP contribution in [0.2, 0.25) is 0 Å². The van der Waals surface area contributed by atoms with Crippen molar-refractivity contribution in [1.82, 2.24) is 15.2 Å². The molecular weight excluding hydrogens is 268 g/mol. The highest BCUT2D eigenvalue weighted by Gasteiger charge is 2.43. The molecule has 20 heavy (non-hydrogen) atoms. The van der Waals surface area contributed by atoms with E-state index in [0.29, 0.717) is 44.6 Å². The van der Waals surface area contributed by atoms with Crippen molar-refractivity contribution in [3.63, 3.8) is 0 Å².